The zero-order chi connectivity index (χ0) is 17.7. The first-order chi connectivity index (χ1) is 12.8. The standard InChI is InChI=1S/C21H28N4O/c1-2-4-18(5-3-1)14-22-20-23-15-19(16-24-20)17-25-10-6-21(7-11-25)8-12-26-13-9-21/h1-5,15-16H,6-14,17H2,(H,22,23,24). The zero-order valence-corrected chi connectivity index (χ0v) is 15.4. The molecule has 0 atom stereocenters. The highest BCUT2D eigenvalue weighted by molar-refractivity contribution is 5.27. The maximum absolute atomic E-state index is 5.54. The van der Waals surface area contributed by atoms with E-state index < -0.39 is 0 Å². The lowest BCUT2D eigenvalue weighted by Gasteiger charge is -2.44. The van der Waals surface area contributed by atoms with Gasteiger partial charge in [0.15, 0.2) is 0 Å². The van der Waals surface area contributed by atoms with Crippen molar-refractivity contribution < 1.29 is 4.74 Å². The number of ether oxygens (including phenoxy) is 1. The van der Waals surface area contributed by atoms with Crippen LogP contribution >= 0.6 is 0 Å². The molecule has 138 valence electrons. The molecule has 0 saturated carbocycles. The first-order valence-corrected chi connectivity index (χ1v) is 9.70. The number of aromatic nitrogens is 2. The van der Waals surface area contributed by atoms with Crippen LogP contribution in [0.25, 0.3) is 0 Å². The maximum Gasteiger partial charge on any atom is 0.222 e. The van der Waals surface area contributed by atoms with Crippen LogP contribution in [0.1, 0.15) is 36.8 Å². The van der Waals surface area contributed by atoms with Crippen molar-refractivity contribution in [1.29, 1.82) is 0 Å². The minimum Gasteiger partial charge on any atom is -0.381 e. The Bertz CT molecular complexity index is 673. The smallest absolute Gasteiger partial charge is 0.222 e. The third-order valence-electron chi connectivity index (χ3n) is 5.88. The average Bonchev–Trinajstić information content (AvgIpc) is 2.71. The fourth-order valence-electron chi connectivity index (χ4n) is 4.05. The molecule has 3 heterocycles. The highest BCUT2D eigenvalue weighted by Gasteiger charge is 2.35. The first-order valence-electron chi connectivity index (χ1n) is 9.70. The quantitative estimate of drug-likeness (QED) is 0.893. The molecule has 0 bridgehead atoms. The first kappa shape index (κ1) is 17.4. The van der Waals surface area contributed by atoms with Gasteiger partial charge in [-0.25, -0.2) is 9.97 Å². The fourth-order valence-corrected chi connectivity index (χ4v) is 4.05. The van der Waals surface area contributed by atoms with Gasteiger partial charge in [-0.15, -0.1) is 0 Å². The lowest BCUT2D eigenvalue weighted by Crippen LogP contribution is -2.42. The predicted molar refractivity (Wildman–Crippen MR) is 103 cm³/mol. The number of anilines is 1. The lowest BCUT2D eigenvalue weighted by molar-refractivity contribution is -0.0218. The SMILES string of the molecule is c1ccc(CNc2ncc(CN3CCC4(CCOCC4)CC3)cn2)cc1. The van der Waals surface area contributed by atoms with Crippen molar-refractivity contribution >= 4 is 5.95 Å². The number of hydrogen-bond acceptors (Lipinski definition) is 5. The van der Waals surface area contributed by atoms with Crippen molar-refractivity contribution in [2.24, 2.45) is 5.41 Å². The molecule has 5 nitrogen and oxygen atoms in total. The molecule has 4 rings (SSSR count). The largest absolute Gasteiger partial charge is 0.381 e. The second-order valence-corrected chi connectivity index (χ2v) is 7.64. The Labute approximate surface area is 155 Å². The molecular weight excluding hydrogens is 324 g/mol. The molecular formula is C21H28N4O. The summed E-state index contributed by atoms with van der Waals surface area (Å²) in [5.41, 5.74) is 2.98. The Morgan fingerprint density at radius 3 is 2.31 bits per heavy atom. The van der Waals surface area contributed by atoms with Gasteiger partial charge in [-0.2, -0.15) is 0 Å². The van der Waals surface area contributed by atoms with E-state index in [9.17, 15) is 0 Å². The van der Waals surface area contributed by atoms with Crippen molar-refractivity contribution in [2.45, 2.75) is 38.8 Å². The molecule has 1 N–H and O–H groups in total. The van der Waals surface area contributed by atoms with E-state index in [2.05, 4.69) is 32.3 Å². The summed E-state index contributed by atoms with van der Waals surface area (Å²) in [6.07, 6.45) is 9.00. The summed E-state index contributed by atoms with van der Waals surface area (Å²) < 4.78 is 5.54. The molecule has 2 fully saturated rings. The molecule has 1 aromatic heterocycles. The highest BCUT2D eigenvalue weighted by Crippen LogP contribution is 2.40. The molecule has 1 aromatic carbocycles. The molecule has 2 saturated heterocycles. The summed E-state index contributed by atoms with van der Waals surface area (Å²) in [5, 5.41) is 3.28. The van der Waals surface area contributed by atoms with Crippen molar-refractivity contribution in [3.8, 4) is 0 Å². The molecule has 1 spiro atoms. The predicted octanol–water partition coefficient (Wildman–Crippen LogP) is 3.48. The summed E-state index contributed by atoms with van der Waals surface area (Å²) in [6, 6.07) is 10.3. The van der Waals surface area contributed by atoms with Gasteiger partial charge in [0.25, 0.3) is 0 Å². The van der Waals surface area contributed by atoms with Gasteiger partial charge in [0, 0.05) is 44.3 Å². The Balaban J connectivity index is 1.25. The Hall–Kier alpha value is -1.98. The second-order valence-electron chi connectivity index (χ2n) is 7.64. The van der Waals surface area contributed by atoms with Gasteiger partial charge in [-0.3, -0.25) is 4.90 Å². The third kappa shape index (κ3) is 4.40. The van der Waals surface area contributed by atoms with Crippen molar-refractivity contribution in [2.75, 3.05) is 31.6 Å². The number of piperidine rings is 1. The van der Waals surface area contributed by atoms with E-state index >= 15 is 0 Å². The van der Waals surface area contributed by atoms with Crippen LogP contribution in [0.2, 0.25) is 0 Å². The number of nitrogens with one attached hydrogen (secondary N) is 1. The number of benzene rings is 1. The molecule has 0 amide bonds. The van der Waals surface area contributed by atoms with Gasteiger partial charge >= 0.3 is 0 Å². The average molecular weight is 352 g/mol. The second kappa shape index (κ2) is 8.14. The highest BCUT2D eigenvalue weighted by atomic mass is 16.5. The number of nitrogens with zero attached hydrogens (tertiary/aromatic N) is 3. The van der Waals surface area contributed by atoms with E-state index in [1.807, 2.05) is 30.6 Å². The molecule has 2 aliphatic rings. The van der Waals surface area contributed by atoms with Gasteiger partial charge < -0.3 is 10.1 Å². The maximum atomic E-state index is 5.54. The normalized spacial score (nSPS) is 20.2. The third-order valence-corrected chi connectivity index (χ3v) is 5.88. The van der Waals surface area contributed by atoms with Crippen LogP contribution in [-0.4, -0.2) is 41.2 Å². The molecule has 2 aliphatic heterocycles. The summed E-state index contributed by atoms with van der Waals surface area (Å²) in [5.74, 6) is 0.692. The van der Waals surface area contributed by atoms with Gasteiger partial charge in [-0.1, -0.05) is 30.3 Å². The van der Waals surface area contributed by atoms with E-state index in [4.69, 9.17) is 4.74 Å². The molecule has 0 unspecified atom stereocenters. The summed E-state index contributed by atoms with van der Waals surface area (Å²) in [7, 11) is 0. The van der Waals surface area contributed by atoms with Crippen LogP contribution in [-0.2, 0) is 17.8 Å². The van der Waals surface area contributed by atoms with Crippen LogP contribution in [0.3, 0.4) is 0 Å². The summed E-state index contributed by atoms with van der Waals surface area (Å²) in [6.45, 7) is 5.95. The topological polar surface area (TPSA) is 50.3 Å². The Morgan fingerprint density at radius 2 is 1.62 bits per heavy atom. The van der Waals surface area contributed by atoms with Gasteiger partial charge in [-0.05, 0) is 49.8 Å². The van der Waals surface area contributed by atoms with E-state index in [-0.39, 0.29) is 0 Å². The molecule has 0 aliphatic carbocycles. The van der Waals surface area contributed by atoms with Gasteiger partial charge in [0.05, 0.1) is 0 Å². The Morgan fingerprint density at radius 1 is 0.923 bits per heavy atom. The van der Waals surface area contributed by atoms with Crippen LogP contribution in [0.15, 0.2) is 42.7 Å². The van der Waals surface area contributed by atoms with Crippen LogP contribution < -0.4 is 5.32 Å². The lowest BCUT2D eigenvalue weighted by atomic mass is 9.72. The van der Waals surface area contributed by atoms with Crippen molar-refractivity contribution in [3.05, 3.63) is 53.9 Å². The van der Waals surface area contributed by atoms with Crippen molar-refractivity contribution in [1.82, 2.24) is 14.9 Å². The number of rotatable bonds is 5. The van der Waals surface area contributed by atoms with E-state index in [0.717, 1.165) is 26.3 Å². The minimum absolute atomic E-state index is 0.552. The Kier molecular flexibility index (Phi) is 5.46. The van der Waals surface area contributed by atoms with E-state index in [0.29, 0.717) is 11.4 Å². The number of hydrogen-bond donors (Lipinski definition) is 1. The number of likely N-dealkylation sites (tertiary alicyclic amines) is 1. The van der Waals surface area contributed by atoms with Crippen LogP contribution in [0.4, 0.5) is 5.95 Å². The monoisotopic (exact) mass is 352 g/mol. The van der Waals surface area contributed by atoms with E-state index in [1.165, 1.54) is 49.9 Å². The van der Waals surface area contributed by atoms with Gasteiger partial charge in [0.1, 0.15) is 0 Å². The van der Waals surface area contributed by atoms with Gasteiger partial charge in [0.2, 0.25) is 5.95 Å². The fraction of sp³-hybridized carbons (Fsp3) is 0.524. The molecule has 26 heavy (non-hydrogen) atoms. The molecule has 2 aromatic rings. The van der Waals surface area contributed by atoms with Crippen LogP contribution in [0.5, 0.6) is 0 Å². The summed E-state index contributed by atoms with van der Waals surface area (Å²) in [4.78, 5) is 11.5. The molecule has 5 heteroatoms. The van der Waals surface area contributed by atoms with Crippen LogP contribution in [0, 0.1) is 5.41 Å². The zero-order valence-electron chi connectivity index (χ0n) is 15.4. The van der Waals surface area contributed by atoms with Crippen molar-refractivity contribution in [3.63, 3.8) is 0 Å². The summed E-state index contributed by atoms with van der Waals surface area (Å²) >= 11 is 0. The molecule has 0 radical (unpaired) electrons. The van der Waals surface area contributed by atoms with E-state index in [1.54, 1.807) is 0 Å². The minimum atomic E-state index is 0.552.